The number of amides is 2. The molecule has 0 radical (unpaired) electrons. The van der Waals surface area contributed by atoms with Crippen LogP contribution >= 0.6 is 11.6 Å². The van der Waals surface area contributed by atoms with Gasteiger partial charge in [-0.05, 0) is 74.3 Å². The molecule has 0 bridgehead atoms. The third kappa shape index (κ3) is 7.02. The predicted octanol–water partition coefficient (Wildman–Crippen LogP) is 3.47. The number of rotatable bonds is 5. The minimum Gasteiger partial charge on any atom is -0.385 e. The van der Waals surface area contributed by atoms with Gasteiger partial charge in [0.25, 0.3) is 5.56 Å². The molecule has 39 heavy (non-hydrogen) atoms. The summed E-state index contributed by atoms with van der Waals surface area (Å²) in [5, 5.41) is 20.6. The average Bonchev–Trinajstić information content (AvgIpc) is 2.96. The summed E-state index contributed by atoms with van der Waals surface area (Å²) in [6.07, 6.45) is 5.22. The number of piperidine rings is 1. The molecule has 9 nitrogen and oxygen atoms in total. The first-order valence-electron chi connectivity index (χ1n) is 13.4. The van der Waals surface area contributed by atoms with Crippen LogP contribution in [-0.2, 0) is 21.7 Å². The second kappa shape index (κ2) is 12.7. The molecule has 0 atom stereocenters. The minimum atomic E-state index is -0.910. The Bertz CT molecular complexity index is 1330. The molecule has 1 aromatic heterocycles. The van der Waals surface area contributed by atoms with Crippen molar-refractivity contribution in [1.29, 1.82) is 0 Å². The number of nitrogens with zero attached hydrogens (tertiary/aromatic N) is 5. The van der Waals surface area contributed by atoms with Gasteiger partial charge in [0.05, 0.1) is 11.0 Å². The Hall–Kier alpha value is -3.30. The summed E-state index contributed by atoms with van der Waals surface area (Å²) in [6, 6.07) is 14.6. The van der Waals surface area contributed by atoms with Crippen LogP contribution in [0.5, 0.6) is 0 Å². The standard InChI is InChI=1S/C26H29ClN4O3.C3H7NO/c27-21-11-9-20(10-12-21)26(34)13-15-30(16-14-26)24(32)19-7-5-18(6-8-19)17-31-25(33)22-3-1-2-4-23(22)28-29-31;1-4(2)3-5/h1-4,9-12,18-19,34H,5-8,13-17H2;3H,1-2H3. The Morgan fingerprint density at radius 1 is 1.08 bits per heavy atom. The van der Waals surface area contributed by atoms with Crippen LogP contribution in [0.15, 0.2) is 53.3 Å². The van der Waals surface area contributed by atoms with Gasteiger partial charge < -0.3 is 14.9 Å². The van der Waals surface area contributed by atoms with Crippen molar-refractivity contribution in [3.05, 3.63) is 69.5 Å². The van der Waals surface area contributed by atoms with E-state index in [1.54, 1.807) is 38.4 Å². The number of halogens is 1. The van der Waals surface area contributed by atoms with E-state index in [0.717, 1.165) is 37.7 Å². The van der Waals surface area contributed by atoms with Gasteiger partial charge in [-0.15, -0.1) is 5.10 Å². The largest absolute Gasteiger partial charge is 0.385 e. The number of aromatic nitrogens is 3. The van der Waals surface area contributed by atoms with E-state index in [9.17, 15) is 19.5 Å². The van der Waals surface area contributed by atoms with E-state index in [4.69, 9.17) is 11.6 Å². The molecule has 1 N–H and O–H groups in total. The van der Waals surface area contributed by atoms with Crippen molar-refractivity contribution in [3.63, 3.8) is 0 Å². The summed E-state index contributed by atoms with van der Waals surface area (Å²) in [4.78, 5) is 38.7. The zero-order valence-electron chi connectivity index (χ0n) is 22.5. The van der Waals surface area contributed by atoms with Gasteiger partial charge in [-0.2, -0.15) is 0 Å². The lowest BCUT2D eigenvalue weighted by molar-refractivity contribution is -0.141. The summed E-state index contributed by atoms with van der Waals surface area (Å²) in [5.41, 5.74) is 0.456. The molecule has 0 unspecified atom stereocenters. The Kier molecular flexibility index (Phi) is 9.35. The molecule has 2 aliphatic rings. The molecular formula is C29H36ClN5O4. The van der Waals surface area contributed by atoms with E-state index >= 15 is 0 Å². The number of benzene rings is 2. The summed E-state index contributed by atoms with van der Waals surface area (Å²) >= 11 is 5.98. The van der Waals surface area contributed by atoms with Crippen LogP contribution in [0.25, 0.3) is 10.9 Å². The Labute approximate surface area is 233 Å². The highest BCUT2D eigenvalue weighted by Crippen LogP contribution is 2.36. The Morgan fingerprint density at radius 3 is 2.31 bits per heavy atom. The lowest BCUT2D eigenvalue weighted by Crippen LogP contribution is -2.47. The van der Waals surface area contributed by atoms with Crippen molar-refractivity contribution in [2.45, 2.75) is 50.7 Å². The van der Waals surface area contributed by atoms with E-state index in [1.807, 2.05) is 29.2 Å². The summed E-state index contributed by atoms with van der Waals surface area (Å²) in [7, 11) is 3.38. The number of carbonyl (C=O) groups excluding carboxylic acids is 2. The van der Waals surface area contributed by atoms with Gasteiger partial charge in [-0.3, -0.25) is 14.4 Å². The number of hydrogen-bond donors (Lipinski definition) is 1. The molecule has 208 valence electrons. The van der Waals surface area contributed by atoms with E-state index in [-0.39, 0.29) is 17.4 Å². The quantitative estimate of drug-likeness (QED) is 0.485. The average molecular weight is 554 g/mol. The summed E-state index contributed by atoms with van der Waals surface area (Å²) in [5.74, 6) is 0.519. The van der Waals surface area contributed by atoms with Crippen LogP contribution in [0.4, 0.5) is 0 Å². The molecule has 10 heteroatoms. The van der Waals surface area contributed by atoms with Gasteiger partial charge in [0.1, 0.15) is 5.52 Å². The van der Waals surface area contributed by atoms with Gasteiger partial charge in [-0.25, -0.2) is 4.68 Å². The minimum absolute atomic E-state index is 0.0115. The first kappa shape index (κ1) is 28.7. The second-order valence-electron chi connectivity index (χ2n) is 10.7. The molecule has 2 aromatic carbocycles. The third-order valence-electron chi connectivity index (χ3n) is 7.75. The Balaban J connectivity index is 0.000000648. The molecule has 3 aromatic rings. The number of fused-ring (bicyclic) bond motifs is 1. The molecule has 2 heterocycles. The maximum atomic E-state index is 13.2. The van der Waals surface area contributed by atoms with Gasteiger partial charge in [-0.1, -0.05) is 41.1 Å². The van der Waals surface area contributed by atoms with Crippen LogP contribution in [0.2, 0.25) is 5.02 Å². The molecule has 1 saturated heterocycles. The van der Waals surface area contributed by atoms with Crippen molar-refractivity contribution in [2.24, 2.45) is 11.8 Å². The lowest BCUT2D eigenvalue weighted by Gasteiger charge is -2.40. The SMILES string of the molecule is CN(C)C=O.O=C(C1CCC(Cn2nnc3ccccc3c2=O)CC1)N1CCC(O)(c2ccc(Cl)cc2)CC1. The summed E-state index contributed by atoms with van der Waals surface area (Å²) in [6.45, 7) is 1.65. The molecule has 1 aliphatic heterocycles. The van der Waals surface area contributed by atoms with Gasteiger partial charge in [0.2, 0.25) is 12.3 Å². The summed E-state index contributed by atoms with van der Waals surface area (Å²) < 4.78 is 1.47. The van der Waals surface area contributed by atoms with E-state index in [1.165, 1.54) is 9.58 Å². The van der Waals surface area contributed by atoms with Crippen LogP contribution in [0, 0.1) is 11.8 Å². The van der Waals surface area contributed by atoms with Crippen LogP contribution < -0.4 is 5.56 Å². The van der Waals surface area contributed by atoms with Crippen molar-refractivity contribution in [1.82, 2.24) is 24.8 Å². The number of hydrogen-bond acceptors (Lipinski definition) is 6. The lowest BCUT2D eigenvalue weighted by atomic mass is 9.80. The van der Waals surface area contributed by atoms with Crippen molar-refractivity contribution in [3.8, 4) is 0 Å². The van der Waals surface area contributed by atoms with Gasteiger partial charge in [0.15, 0.2) is 0 Å². The third-order valence-corrected chi connectivity index (χ3v) is 8.00. The monoisotopic (exact) mass is 553 g/mol. The molecule has 2 fully saturated rings. The fourth-order valence-electron chi connectivity index (χ4n) is 5.38. The molecule has 1 saturated carbocycles. The van der Waals surface area contributed by atoms with Gasteiger partial charge in [0, 0.05) is 44.7 Å². The predicted molar refractivity (Wildman–Crippen MR) is 150 cm³/mol. The smallest absolute Gasteiger partial charge is 0.277 e. The number of aliphatic hydroxyl groups is 1. The highest BCUT2D eigenvalue weighted by Gasteiger charge is 2.37. The molecule has 2 amide bonds. The van der Waals surface area contributed by atoms with Crippen molar-refractivity contribution < 1.29 is 14.7 Å². The second-order valence-corrected chi connectivity index (χ2v) is 11.2. The number of carbonyl (C=O) groups is 2. The van der Waals surface area contributed by atoms with Crippen LogP contribution in [0.3, 0.4) is 0 Å². The van der Waals surface area contributed by atoms with E-state index in [0.29, 0.717) is 54.3 Å². The first-order valence-corrected chi connectivity index (χ1v) is 13.8. The number of likely N-dealkylation sites (tertiary alicyclic amines) is 1. The maximum Gasteiger partial charge on any atom is 0.277 e. The highest BCUT2D eigenvalue weighted by atomic mass is 35.5. The zero-order valence-corrected chi connectivity index (χ0v) is 23.3. The first-order chi connectivity index (χ1) is 18.7. The topological polar surface area (TPSA) is 109 Å². The molecular weight excluding hydrogens is 518 g/mol. The Morgan fingerprint density at radius 2 is 1.69 bits per heavy atom. The van der Waals surface area contributed by atoms with E-state index in [2.05, 4.69) is 10.3 Å². The van der Waals surface area contributed by atoms with Crippen LogP contribution in [0.1, 0.15) is 44.1 Å². The maximum absolute atomic E-state index is 13.2. The van der Waals surface area contributed by atoms with Crippen LogP contribution in [-0.4, -0.2) is 69.4 Å². The van der Waals surface area contributed by atoms with Crippen molar-refractivity contribution in [2.75, 3.05) is 27.2 Å². The molecule has 5 rings (SSSR count). The van der Waals surface area contributed by atoms with E-state index < -0.39 is 5.60 Å². The van der Waals surface area contributed by atoms with Crippen molar-refractivity contribution >= 4 is 34.8 Å². The highest BCUT2D eigenvalue weighted by molar-refractivity contribution is 6.30. The zero-order chi connectivity index (χ0) is 28.0. The fourth-order valence-corrected chi connectivity index (χ4v) is 5.51. The normalized spacial score (nSPS) is 20.6. The molecule has 1 aliphatic carbocycles. The molecule has 0 spiro atoms. The van der Waals surface area contributed by atoms with Gasteiger partial charge >= 0.3 is 0 Å². The fraction of sp³-hybridized carbons (Fsp3) is 0.483.